The van der Waals surface area contributed by atoms with E-state index in [0.717, 1.165) is 17.6 Å². The van der Waals surface area contributed by atoms with E-state index in [0.29, 0.717) is 13.1 Å². The highest BCUT2D eigenvalue weighted by Crippen LogP contribution is 2.40. The zero-order valence-electron chi connectivity index (χ0n) is 12.6. The first-order valence-electron chi connectivity index (χ1n) is 7.19. The standard InChI is InChI=1S/C15H17F3N2O2S/c1-2-14(22)10-7-13(20-3-5-23-6-4-20)11(15(16,17)18)8-12(10)19-9-21/h7-9H,2-6H2,1H3,(H,19,21). The van der Waals surface area contributed by atoms with Gasteiger partial charge in [0.15, 0.2) is 5.78 Å². The van der Waals surface area contributed by atoms with Crippen LogP contribution in [0.2, 0.25) is 0 Å². The van der Waals surface area contributed by atoms with Gasteiger partial charge in [-0.1, -0.05) is 6.92 Å². The van der Waals surface area contributed by atoms with Gasteiger partial charge in [-0.3, -0.25) is 9.59 Å². The Balaban J connectivity index is 2.60. The number of hydrogen-bond donors (Lipinski definition) is 1. The van der Waals surface area contributed by atoms with Crippen molar-refractivity contribution in [3.8, 4) is 0 Å². The van der Waals surface area contributed by atoms with E-state index in [9.17, 15) is 22.8 Å². The molecule has 1 aromatic rings. The molecule has 2 rings (SSSR count). The SMILES string of the molecule is CCC(=O)c1cc(N2CCSCC2)c(C(F)(F)F)cc1NC=O. The molecule has 0 unspecified atom stereocenters. The normalized spacial score (nSPS) is 15.4. The fraction of sp³-hybridized carbons (Fsp3) is 0.467. The van der Waals surface area contributed by atoms with Crippen molar-refractivity contribution in [1.82, 2.24) is 0 Å². The topological polar surface area (TPSA) is 49.4 Å². The van der Waals surface area contributed by atoms with Crippen LogP contribution in [-0.2, 0) is 11.0 Å². The van der Waals surface area contributed by atoms with Crippen molar-refractivity contribution in [1.29, 1.82) is 0 Å². The summed E-state index contributed by atoms with van der Waals surface area (Å²) in [5, 5.41) is 2.21. The van der Waals surface area contributed by atoms with Crippen molar-refractivity contribution >= 4 is 35.3 Å². The van der Waals surface area contributed by atoms with Crippen LogP contribution in [-0.4, -0.2) is 36.8 Å². The van der Waals surface area contributed by atoms with Crippen molar-refractivity contribution < 1.29 is 22.8 Å². The highest BCUT2D eigenvalue weighted by Gasteiger charge is 2.36. The number of thioether (sulfide) groups is 1. The molecule has 0 atom stereocenters. The summed E-state index contributed by atoms with van der Waals surface area (Å²) in [4.78, 5) is 24.4. The number of halogens is 3. The second-order valence-corrected chi connectivity index (χ2v) is 6.28. The molecule has 0 aliphatic carbocycles. The number of alkyl halides is 3. The molecule has 1 aliphatic rings. The van der Waals surface area contributed by atoms with Crippen LogP contribution >= 0.6 is 11.8 Å². The second kappa shape index (κ2) is 7.25. The number of carbonyl (C=O) groups excluding carboxylic acids is 2. The molecule has 126 valence electrons. The third-order valence-corrected chi connectivity index (χ3v) is 4.57. The van der Waals surface area contributed by atoms with Crippen molar-refractivity contribution in [3.63, 3.8) is 0 Å². The summed E-state index contributed by atoms with van der Waals surface area (Å²) in [7, 11) is 0. The summed E-state index contributed by atoms with van der Waals surface area (Å²) in [5.41, 5.74) is -0.817. The number of amides is 1. The third kappa shape index (κ3) is 3.99. The highest BCUT2D eigenvalue weighted by atomic mass is 32.2. The number of ketones is 1. The zero-order valence-corrected chi connectivity index (χ0v) is 13.4. The molecule has 1 aromatic carbocycles. The summed E-state index contributed by atoms with van der Waals surface area (Å²) in [6.45, 7) is 2.61. The number of rotatable bonds is 5. The van der Waals surface area contributed by atoms with Gasteiger partial charge in [0, 0.05) is 42.3 Å². The van der Waals surface area contributed by atoms with E-state index >= 15 is 0 Å². The highest BCUT2D eigenvalue weighted by molar-refractivity contribution is 7.99. The lowest BCUT2D eigenvalue weighted by Gasteiger charge is -2.31. The molecule has 0 aromatic heterocycles. The molecule has 1 saturated heterocycles. The van der Waals surface area contributed by atoms with Crippen molar-refractivity contribution in [3.05, 3.63) is 23.3 Å². The molecule has 4 nitrogen and oxygen atoms in total. The van der Waals surface area contributed by atoms with Crippen molar-refractivity contribution in [2.45, 2.75) is 19.5 Å². The van der Waals surface area contributed by atoms with Gasteiger partial charge in [-0.15, -0.1) is 0 Å². The predicted octanol–water partition coefficient (Wildman–Crippen LogP) is 3.42. The van der Waals surface area contributed by atoms with E-state index in [-0.39, 0.29) is 35.6 Å². The van der Waals surface area contributed by atoms with Gasteiger partial charge in [-0.05, 0) is 12.1 Å². The van der Waals surface area contributed by atoms with Crippen LogP contribution in [0.4, 0.5) is 24.5 Å². The smallest absolute Gasteiger partial charge is 0.369 e. The molecule has 0 radical (unpaired) electrons. The predicted molar refractivity (Wildman–Crippen MR) is 85.3 cm³/mol. The Morgan fingerprint density at radius 2 is 2.00 bits per heavy atom. The van der Waals surface area contributed by atoms with Crippen LogP contribution < -0.4 is 10.2 Å². The van der Waals surface area contributed by atoms with Crippen LogP contribution in [0, 0.1) is 0 Å². The quantitative estimate of drug-likeness (QED) is 0.656. The van der Waals surface area contributed by atoms with Gasteiger partial charge in [0.05, 0.1) is 11.3 Å². The monoisotopic (exact) mass is 346 g/mol. The average molecular weight is 346 g/mol. The molecular weight excluding hydrogens is 329 g/mol. The Bertz CT molecular complexity index is 599. The number of nitrogens with one attached hydrogen (secondary N) is 1. The maximum atomic E-state index is 13.4. The van der Waals surface area contributed by atoms with E-state index in [4.69, 9.17) is 0 Å². The minimum absolute atomic E-state index is 0.00560. The van der Waals surface area contributed by atoms with Gasteiger partial charge >= 0.3 is 6.18 Å². The van der Waals surface area contributed by atoms with E-state index in [2.05, 4.69) is 5.32 Å². The second-order valence-electron chi connectivity index (χ2n) is 5.05. The van der Waals surface area contributed by atoms with Crippen molar-refractivity contribution in [2.24, 2.45) is 0 Å². The summed E-state index contributed by atoms with van der Waals surface area (Å²) in [5.74, 6) is 1.17. The van der Waals surface area contributed by atoms with Crippen LogP contribution in [0.5, 0.6) is 0 Å². The largest absolute Gasteiger partial charge is 0.418 e. The van der Waals surface area contributed by atoms with E-state index in [1.54, 1.807) is 23.6 Å². The van der Waals surface area contributed by atoms with Crippen molar-refractivity contribution in [2.75, 3.05) is 34.8 Å². The van der Waals surface area contributed by atoms with E-state index in [1.807, 2.05) is 0 Å². The maximum Gasteiger partial charge on any atom is 0.418 e. The maximum absolute atomic E-state index is 13.4. The van der Waals surface area contributed by atoms with Crippen LogP contribution in [0.15, 0.2) is 12.1 Å². The first kappa shape index (κ1) is 17.7. The van der Waals surface area contributed by atoms with Gasteiger partial charge in [0.25, 0.3) is 0 Å². The zero-order chi connectivity index (χ0) is 17.0. The molecule has 0 spiro atoms. The molecule has 0 saturated carbocycles. The summed E-state index contributed by atoms with van der Waals surface area (Å²) < 4.78 is 40.2. The molecule has 1 fully saturated rings. The molecule has 23 heavy (non-hydrogen) atoms. The van der Waals surface area contributed by atoms with Crippen LogP contribution in [0.3, 0.4) is 0 Å². The molecule has 1 heterocycles. The first-order valence-corrected chi connectivity index (χ1v) is 8.35. The van der Waals surface area contributed by atoms with Gasteiger partial charge in [-0.25, -0.2) is 0 Å². The van der Waals surface area contributed by atoms with Gasteiger partial charge in [-0.2, -0.15) is 24.9 Å². The minimum atomic E-state index is -4.56. The van der Waals surface area contributed by atoms with E-state index in [1.165, 1.54) is 6.07 Å². The Morgan fingerprint density at radius 1 is 1.35 bits per heavy atom. The number of Topliss-reactive ketones (excluding diaryl/α,β-unsaturated/α-hetero) is 1. The summed E-state index contributed by atoms with van der Waals surface area (Å²) >= 11 is 1.68. The lowest BCUT2D eigenvalue weighted by molar-refractivity contribution is -0.137. The lowest BCUT2D eigenvalue weighted by atomic mass is 10.0. The Kier molecular flexibility index (Phi) is 5.56. The number of carbonyl (C=O) groups is 2. The Labute approximate surface area is 136 Å². The first-order chi connectivity index (χ1) is 10.9. The van der Waals surface area contributed by atoms with Crippen LogP contribution in [0.1, 0.15) is 29.3 Å². The molecule has 1 aliphatic heterocycles. The summed E-state index contributed by atoms with van der Waals surface area (Å²) in [6.07, 6.45) is -4.14. The molecular formula is C15H17F3N2O2S. The van der Waals surface area contributed by atoms with Gasteiger partial charge in [0.1, 0.15) is 0 Å². The number of nitrogens with zero attached hydrogens (tertiary/aromatic N) is 1. The van der Waals surface area contributed by atoms with Gasteiger partial charge in [0.2, 0.25) is 6.41 Å². The fourth-order valence-corrected chi connectivity index (χ4v) is 3.39. The van der Waals surface area contributed by atoms with E-state index < -0.39 is 11.7 Å². The minimum Gasteiger partial charge on any atom is -0.369 e. The number of hydrogen-bond acceptors (Lipinski definition) is 4. The number of anilines is 2. The van der Waals surface area contributed by atoms with Gasteiger partial charge < -0.3 is 10.2 Å². The number of benzene rings is 1. The lowest BCUT2D eigenvalue weighted by Crippen LogP contribution is -2.34. The van der Waals surface area contributed by atoms with Crippen LogP contribution in [0.25, 0.3) is 0 Å². The molecule has 8 heteroatoms. The fourth-order valence-electron chi connectivity index (χ4n) is 2.49. The molecule has 1 amide bonds. The third-order valence-electron chi connectivity index (χ3n) is 3.63. The molecule has 1 N–H and O–H groups in total. The summed E-state index contributed by atoms with van der Waals surface area (Å²) in [6, 6.07) is 2.12. The average Bonchev–Trinajstić information content (AvgIpc) is 2.54. The molecule has 0 bridgehead atoms. The Hall–Kier alpha value is -1.70. The Morgan fingerprint density at radius 3 is 2.52 bits per heavy atom.